The summed E-state index contributed by atoms with van der Waals surface area (Å²) in [5, 5.41) is 1.01. The fourth-order valence-electron chi connectivity index (χ4n) is 2.32. The standard InChI is InChI=1S/C17H16N2O3/c1-11(15-9-12-5-3-4-6-14(12)22-15)19(2)17(21)13-7-8-16(20)18-10-13/h3-11H,1-2H3,(H,18,20)/t11-/m0/s1. The van der Waals surface area contributed by atoms with Gasteiger partial charge in [-0.2, -0.15) is 0 Å². The molecule has 22 heavy (non-hydrogen) atoms. The van der Waals surface area contributed by atoms with Crippen molar-refractivity contribution >= 4 is 16.9 Å². The summed E-state index contributed by atoms with van der Waals surface area (Å²) in [6.07, 6.45) is 1.42. The summed E-state index contributed by atoms with van der Waals surface area (Å²) < 4.78 is 5.80. The van der Waals surface area contributed by atoms with Gasteiger partial charge < -0.3 is 14.3 Å². The first kappa shape index (κ1) is 14.1. The van der Waals surface area contributed by atoms with Gasteiger partial charge >= 0.3 is 0 Å². The second-order valence-corrected chi connectivity index (χ2v) is 5.22. The average molecular weight is 296 g/mol. The van der Waals surface area contributed by atoms with Crippen LogP contribution in [-0.4, -0.2) is 22.8 Å². The third-order valence-corrected chi connectivity index (χ3v) is 3.79. The number of aromatic amines is 1. The summed E-state index contributed by atoms with van der Waals surface area (Å²) in [5.74, 6) is 0.547. The second kappa shape index (κ2) is 5.52. The quantitative estimate of drug-likeness (QED) is 0.808. The summed E-state index contributed by atoms with van der Waals surface area (Å²) in [6.45, 7) is 1.90. The third kappa shape index (κ3) is 2.53. The molecule has 1 aromatic carbocycles. The Morgan fingerprint density at radius 1 is 1.23 bits per heavy atom. The molecule has 0 saturated heterocycles. The molecule has 0 aliphatic carbocycles. The number of furan rings is 1. The van der Waals surface area contributed by atoms with Crippen LogP contribution in [0.3, 0.4) is 0 Å². The summed E-state index contributed by atoms with van der Waals surface area (Å²) in [4.78, 5) is 27.6. The van der Waals surface area contributed by atoms with Crippen molar-refractivity contribution in [3.63, 3.8) is 0 Å². The van der Waals surface area contributed by atoms with Crippen LogP contribution >= 0.6 is 0 Å². The van der Waals surface area contributed by atoms with Gasteiger partial charge in [-0.3, -0.25) is 9.59 Å². The number of nitrogens with one attached hydrogen (secondary N) is 1. The van der Waals surface area contributed by atoms with Crippen molar-refractivity contribution in [2.75, 3.05) is 7.05 Å². The van der Waals surface area contributed by atoms with E-state index in [4.69, 9.17) is 4.42 Å². The molecule has 0 aliphatic heterocycles. The van der Waals surface area contributed by atoms with Crippen LogP contribution in [0.5, 0.6) is 0 Å². The van der Waals surface area contributed by atoms with Gasteiger partial charge in [0.1, 0.15) is 11.3 Å². The molecule has 112 valence electrons. The van der Waals surface area contributed by atoms with Crippen molar-refractivity contribution in [3.05, 3.63) is 70.3 Å². The number of carbonyl (C=O) groups is 1. The fourth-order valence-corrected chi connectivity index (χ4v) is 2.32. The van der Waals surface area contributed by atoms with E-state index in [0.717, 1.165) is 16.7 Å². The number of amides is 1. The molecule has 0 bridgehead atoms. The van der Waals surface area contributed by atoms with Crippen LogP contribution in [0.15, 0.2) is 57.9 Å². The number of fused-ring (bicyclic) bond motifs is 1. The Morgan fingerprint density at radius 2 is 2.00 bits per heavy atom. The number of benzene rings is 1. The van der Waals surface area contributed by atoms with Gasteiger partial charge in [0.25, 0.3) is 5.91 Å². The molecule has 0 fully saturated rings. The minimum absolute atomic E-state index is 0.177. The van der Waals surface area contributed by atoms with E-state index in [-0.39, 0.29) is 17.5 Å². The number of H-pyrrole nitrogens is 1. The van der Waals surface area contributed by atoms with Gasteiger partial charge in [0.15, 0.2) is 0 Å². The summed E-state index contributed by atoms with van der Waals surface area (Å²) >= 11 is 0. The van der Waals surface area contributed by atoms with E-state index in [2.05, 4.69) is 4.98 Å². The van der Waals surface area contributed by atoms with Crippen molar-refractivity contribution in [2.24, 2.45) is 0 Å². The number of hydrogen-bond acceptors (Lipinski definition) is 3. The van der Waals surface area contributed by atoms with Crippen molar-refractivity contribution < 1.29 is 9.21 Å². The molecule has 0 spiro atoms. The Hall–Kier alpha value is -2.82. The predicted octanol–water partition coefficient (Wildman–Crippen LogP) is 2.95. The molecule has 5 heteroatoms. The normalized spacial score (nSPS) is 12.3. The number of carbonyl (C=O) groups excluding carboxylic acids is 1. The van der Waals surface area contributed by atoms with Crippen LogP contribution in [0.25, 0.3) is 11.0 Å². The number of hydrogen-bond donors (Lipinski definition) is 1. The zero-order valence-electron chi connectivity index (χ0n) is 12.4. The molecule has 2 aromatic heterocycles. The maximum Gasteiger partial charge on any atom is 0.255 e. The van der Waals surface area contributed by atoms with E-state index in [1.165, 1.54) is 18.3 Å². The molecule has 5 nitrogen and oxygen atoms in total. The van der Waals surface area contributed by atoms with Gasteiger partial charge in [-0.05, 0) is 25.1 Å². The lowest BCUT2D eigenvalue weighted by Crippen LogP contribution is -2.29. The van der Waals surface area contributed by atoms with Gasteiger partial charge in [0.2, 0.25) is 5.56 Å². The number of para-hydroxylation sites is 1. The third-order valence-electron chi connectivity index (χ3n) is 3.79. The number of aromatic nitrogens is 1. The molecule has 0 radical (unpaired) electrons. The second-order valence-electron chi connectivity index (χ2n) is 5.22. The molecule has 3 aromatic rings. The van der Waals surface area contributed by atoms with E-state index in [9.17, 15) is 9.59 Å². The fraction of sp³-hybridized carbons (Fsp3) is 0.176. The Morgan fingerprint density at radius 3 is 2.68 bits per heavy atom. The van der Waals surface area contributed by atoms with Crippen molar-refractivity contribution in [1.82, 2.24) is 9.88 Å². The van der Waals surface area contributed by atoms with Crippen LogP contribution in [-0.2, 0) is 0 Å². The first-order chi connectivity index (χ1) is 10.6. The monoisotopic (exact) mass is 296 g/mol. The molecule has 2 heterocycles. The highest BCUT2D eigenvalue weighted by molar-refractivity contribution is 5.94. The number of rotatable bonds is 3. The van der Waals surface area contributed by atoms with Crippen LogP contribution in [0, 0.1) is 0 Å². The lowest BCUT2D eigenvalue weighted by Gasteiger charge is -2.23. The topological polar surface area (TPSA) is 66.3 Å². The van der Waals surface area contributed by atoms with E-state index in [1.807, 2.05) is 37.3 Å². The maximum absolute atomic E-state index is 12.4. The van der Waals surface area contributed by atoms with Crippen LogP contribution in [0.1, 0.15) is 29.1 Å². The Balaban J connectivity index is 1.87. The largest absolute Gasteiger partial charge is 0.459 e. The molecule has 1 atom stereocenters. The molecule has 0 unspecified atom stereocenters. The smallest absolute Gasteiger partial charge is 0.255 e. The Kier molecular flexibility index (Phi) is 3.55. The first-order valence-electron chi connectivity index (χ1n) is 7.00. The molecule has 0 aliphatic rings. The Bertz CT molecular complexity index is 825. The molecular weight excluding hydrogens is 280 g/mol. The van der Waals surface area contributed by atoms with Gasteiger partial charge in [0, 0.05) is 24.7 Å². The maximum atomic E-state index is 12.4. The summed E-state index contributed by atoms with van der Waals surface area (Å²) in [6, 6.07) is 12.3. The molecule has 1 N–H and O–H groups in total. The van der Waals surface area contributed by atoms with Crippen molar-refractivity contribution in [3.8, 4) is 0 Å². The average Bonchev–Trinajstić information content (AvgIpc) is 2.97. The zero-order chi connectivity index (χ0) is 15.7. The number of pyridine rings is 1. The highest BCUT2D eigenvalue weighted by Gasteiger charge is 2.21. The zero-order valence-corrected chi connectivity index (χ0v) is 12.4. The van der Waals surface area contributed by atoms with Gasteiger partial charge in [-0.1, -0.05) is 18.2 Å². The highest BCUT2D eigenvalue weighted by atomic mass is 16.3. The minimum atomic E-state index is -0.232. The van der Waals surface area contributed by atoms with Gasteiger partial charge in [-0.25, -0.2) is 0 Å². The van der Waals surface area contributed by atoms with E-state index in [0.29, 0.717) is 5.56 Å². The first-order valence-corrected chi connectivity index (χ1v) is 7.00. The molecule has 0 saturated carbocycles. The highest BCUT2D eigenvalue weighted by Crippen LogP contribution is 2.27. The predicted molar refractivity (Wildman–Crippen MR) is 83.8 cm³/mol. The van der Waals surface area contributed by atoms with Gasteiger partial charge in [-0.15, -0.1) is 0 Å². The van der Waals surface area contributed by atoms with E-state index >= 15 is 0 Å². The van der Waals surface area contributed by atoms with Crippen LogP contribution in [0.2, 0.25) is 0 Å². The molecular formula is C17H16N2O3. The van der Waals surface area contributed by atoms with Crippen molar-refractivity contribution in [2.45, 2.75) is 13.0 Å². The Labute approximate surface area is 127 Å². The summed E-state index contributed by atoms with van der Waals surface area (Å²) in [5.41, 5.74) is 1.00. The lowest BCUT2D eigenvalue weighted by atomic mass is 10.1. The van der Waals surface area contributed by atoms with Crippen molar-refractivity contribution in [1.29, 1.82) is 0 Å². The van der Waals surface area contributed by atoms with Gasteiger partial charge in [0.05, 0.1) is 11.6 Å². The van der Waals surface area contributed by atoms with E-state index in [1.54, 1.807) is 11.9 Å². The number of nitrogens with zero attached hydrogens (tertiary/aromatic N) is 1. The minimum Gasteiger partial charge on any atom is -0.459 e. The molecule has 3 rings (SSSR count). The van der Waals surface area contributed by atoms with Crippen LogP contribution < -0.4 is 5.56 Å². The van der Waals surface area contributed by atoms with E-state index < -0.39 is 0 Å². The van der Waals surface area contributed by atoms with Crippen LogP contribution in [0.4, 0.5) is 0 Å². The molecule has 1 amide bonds. The SMILES string of the molecule is C[C@@H](c1cc2ccccc2o1)N(C)C(=O)c1ccc(=O)[nH]c1. The lowest BCUT2D eigenvalue weighted by molar-refractivity contribution is 0.0727. The summed E-state index contributed by atoms with van der Waals surface area (Å²) in [7, 11) is 1.71.